The molecule has 170 valence electrons. The molecule has 7 heteroatoms. The zero-order valence-corrected chi connectivity index (χ0v) is 19.5. The van der Waals surface area contributed by atoms with Crippen molar-refractivity contribution in [3.63, 3.8) is 0 Å². The highest BCUT2D eigenvalue weighted by Gasteiger charge is 2.33. The highest BCUT2D eigenvalue weighted by Crippen LogP contribution is 2.40. The van der Waals surface area contributed by atoms with E-state index in [4.69, 9.17) is 19.9 Å². The average Bonchev–Trinajstić information content (AvgIpc) is 2.60. The Bertz CT molecular complexity index is 719. The van der Waals surface area contributed by atoms with Crippen LogP contribution in [0.3, 0.4) is 0 Å². The van der Waals surface area contributed by atoms with Gasteiger partial charge < -0.3 is 25.3 Å². The number of anilines is 2. The molecular formula is C23H37ClN2O4. The van der Waals surface area contributed by atoms with E-state index in [2.05, 4.69) is 26.1 Å². The van der Waals surface area contributed by atoms with Gasteiger partial charge in [-0.2, -0.15) is 0 Å². The number of halogens is 1. The molecule has 1 aliphatic heterocycles. The second-order valence-electron chi connectivity index (χ2n) is 9.69. The van der Waals surface area contributed by atoms with E-state index in [-0.39, 0.29) is 31.4 Å². The molecule has 0 bridgehead atoms. The Kier molecular flexibility index (Phi) is 8.43. The number of carbonyl (C=O) groups is 1. The van der Waals surface area contributed by atoms with Crippen LogP contribution in [0.1, 0.15) is 58.9 Å². The minimum Gasteiger partial charge on any atom is -0.431 e. The third kappa shape index (κ3) is 7.03. The van der Waals surface area contributed by atoms with Crippen LogP contribution in [-0.4, -0.2) is 37.6 Å². The molecule has 3 N–H and O–H groups in total. The molecule has 6 nitrogen and oxygen atoms in total. The summed E-state index contributed by atoms with van der Waals surface area (Å²) in [5, 5.41) is 3.64. The molecule has 3 atom stereocenters. The number of nitrogen functional groups attached to an aromatic ring is 1. The Hall–Kier alpha value is -1.50. The van der Waals surface area contributed by atoms with Crippen LogP contribution in [0, 0.1) is 11.3 Å². The molecule has 1 aromatic rings. The van der Waals surface area contributed by atoms with Crippen molar-refractivity contribution < 1.29 is 19.0 Å². The van der Waals surface area contributed by atoms with E-state index in [9.17, 15) is 4.79 Å². The number of hydrogen-bond acceptors (Lipinski definition) is 6. The first-order chi connectivity index (χ1) is 13.6. The van der Waals surface area contributed by atoms with E-state index in [1.807, 2.05) is 18.2 Å². The highest BCUT2D eigenvalue weighted by atomic mass is 35.5. The first kappa shape index (κ1) is 24.8. The van der Waals surface area contributed by atoms with E-state index < -0.39 is 5.79 Å². The van der Waals surface area contributed by atoms with Crippen LogP contribution in [0.5, 0.6) is 0 Å². The Morgan fingerprint density at radius 2 is 2.03 bits per heavy atom. The summed E-state index contributed by atoms with van der Waals surface area (Å²) in [5.74, 6) is -0.562. The van der Waals surface area contributed by atoms with Crippen LogP contribution >= 0.6 is 12.4 Å². The first-order valence-electron chi connectivity index (χ1n) is 10.7. The summed E-state index contributed by atoms with van der Waals surface area (Å²) >= 11 is 0. The lowest BCUT2D eigenvalue weighted by atomic mass is 9.70. The largest absolute Gasteiger partial charge is 0.431 e. The van der Waals surface area contributed by atoms with Gasteiger partial charge in [0, 0.05) is 19.4 Å². The van der Waals surface area contributed by atoms with Crippen LogP contribution in [0.15, 0.2) is 18.2 Å². The predicted molar refractivity (Wildman–Crippen MR) is 122 cm³/mol. The predicted octanol–water partition coefficient (Wildman–Crippen LogP) is 4.56. The topological polar surface area (TPSA) is 82.8 Å². The minimum atomic E-state index is -0.979. The molecule has 1 aromatic carbocycles. The molecule has 1 heterocycles. The van der Waals surface area contributed by atoms with Gasteiger partial charge in [0.1, 0.15) is 6.61 Å². The number of esters is 1. The van der Waals surface area contributed by atoms with E-state index in [1.165, 1.54) is 12.8 Å². The van der Waals surface area contributed by atoms with Gasteiger partial charge in [-0.3, -0.25) is 4.79 Å². The molecular weight excluding hydrogens is 404 g/mol. The fourth-order valence-corrected chi connectivity index (χ4v) is 4.79. The lowest BCUT2D eigenvalue weighted by molar-refractivity contribution is -0.271. The highest BCUT2D eigenvalue weighted by molar-refractivity contribution is 5.85. The van der Waals surface area contributed by atoms with Crippen molar-refractivity contribution in [3.05, 3.63) is 23.8 Å². The quantitative estimate of drug-likeness (QED) is 0.498. The molecule has 30 heavy (non-hydrogen) atoms. The standard InChI is InChI=1S/C23H36N2O4.ClH/c1-16-11-18(14-22(2,3)13-16)25-20-7-5-17(12-19(20)24)6-8-21(26)29-23(4)15-27-9-10-28-23;/h5,7,12,16,18,25H,6,8-11,13-15,24H2,1-4H3;1H/t16-,18+,23?;/m0./s1. The Morgan fingerprint density at radius 1 is 1.27 bits per heavy atom. The molecule has 1 aliphatic carbocycles. The Morgan fingerprint density at radius 3 is 2.67 bits per heavy atom. The van der Waals surface area contributed by atoms with Crippen LogP contribution in [0.25, 0.3) is 0 Å². The van der Waals surface area contributed by atoms with Crippen molar-refractivity contribution in [2.45, 2.75) is 71.6 Å². The van der Waals surface area contributed by atoms with Gasteiger partial charge in [0.25, 0.3) is 0 Å². The van der Waals surface area contributed by atoms with E-state index >= 15 is 0 Å². The maximum absolute atomic E-state index is 12.2. The van der Waals surface area contributed by atoms with Crippen molar-refractivity contribution in [2.24, 2.45) is 11.3 Å². The number of hydrogen-bond donors (Lipinski definition) is 2. The molecule has 1 unspecified atom stereocenters. The van der Waals surface area contributed by atoms with Gasteiger partial charge in [0.15, 0.2) is 0 Å². The van der Waals surface area contributed by atoms with E-state index in [1.54, 1.807) is 6.92 Å². The van der Waals surface area contributed by atoms with Crippen molar-refractivity contribution in [2.75, 3.05) is 30.9 Å². The third-order valence-corrected chi connectivity index (χ3v) is 5.81. The second-order valence-corrected chi connectivity index (χ2v) is 9.69. The zero-order chi connectivity index (χ0) is 21.1. The molecule has 3 rings (SSSR count). The maximum atomic E-state index is 12.2. The van der Waals surface area contributed by atoms with Gasteiger partial charge in [-0.25, -0.2) is 0 Å². The first-order valence-corrected chi connectivity index (χ1v) is 10.7. The van der Waals surface area contributed by atoms with E-state index in [0.717, 1.165) is 23.4 Å². The zero-order valence-electron chi connectivity index (χ0n) is 18.7. The average molecular weight is 441 g/mol. The van der Waals surface area contributed by atoms with Crippen LogP contribution in [0.4, 0.5) is 11.4 Å². The van der Waals surface area contributed by atoms with Gasteiger partial charge in [-0.05, 0) is 54.7 Å². The maximum Gasteiger partial charge on any atom is 0.308 e. The monoisotopic (exact) mass is 440 g/mol. The molecule has 1 saturated heterocycles. The Balaban J connectivity index is 0.00000320. The fraction of sp³-hybridized carbons (Fsp3) is 0.696. The van der Waals surface area contributed by atoms with Crippen LogP contribution in [-0.2, 0) is 25.4 Å². The van der Waals surface area contributed by atoms with Gasteiger partial charge in [0.2, 0.25) is 5.79 Å². The summed E-state index contributed by atoms with van der Waals surface area (Å²) in [7, 11) is 0. The number of benzene rings is 1. The molecule has 0 radical (unpaired) electrons. The number of nitrogens with one attached hydrogen (secondary N) is 1. The van der Waals surface area contributed by atoms with Gasteiger partial charge in [-0.15, -0.1) is 12.4 Å². The van der Waals surface area contributed by atoms with Gasteiger partial charge in [0.05, 0.1) is 24.6 Å². The lowest BCUT2D eigenvalue weighted by Gasteiger charge is -2.39. The third-order valence-electron chi connectivity index (χ3n) is 5.81. The fourth-order valence-electron chi connectivity index (χ4n) is 4.79. The summed E-state index contributed by atoms with van der Waals surface area (Å²) in [5.41, 5.74) is 9.38. The summed E-state index contributed by atoms with van der Waals surface area (Å²) < 4.78 is 16.3. The summed E-state index contributed by atoms with van der Waals surface area (Å²) in [6.07, 6.45) is 4.44. The van der Waals surface area contributed by atoms with E-state index in [0.29, 0.717) is 37.0 Å². The normalized spacial score (nSPS) is 28.3. The SMILES string of the molecule is C[C@H]1C[C@@H](Nc2ccc(CCC(=O)OC3(C)COCCO3)cc2N)CC(C)(C)C1.Cl. The number of rotatable bonds is 6. The van der Waals surface area contributed by atoms with Crippen molar-refractivity contribution in [1.82, 2.24) is 0 Å². The molecule has 0 spiro atoms. The smallest absolute Gasteiger partial charge is 0.308 e. The second kappa shape index (κ2) is 10.2. The molecule has 2 aliphatic rings. The van der Waals surface area contributed by atoms with Crippen molar-refractivity contribution in [1.29, 1.82) is 0 Å². The van der Waals surface area contributed by atoms with Crippen molar-refractivity contribution >= 4 is 29.8 Å². The number of nitrogens with two attached hydrogens (primary N) is 1. The molecule has 0 amide bonds. The van der Waals surface area contributed by atoms with Gasteiger partial charge in [-0.1, -0.05) is 26.8 Å². The minimum absolute atomic E-state index is 0. The summed E-state index contributed by atoms with van der Waals surface area (Å²) in [6.45, 7) is 9.97. The van der Waals surface area contributed by atoms with Crippen molar-refractivity contribution in [3.8, 4) is 0 Å². The molecule has 2 fully saturated rings. The van der Waals surface area contributed by atoms with Crippen LogP contribution < -0.4 is 11.1 Å². The number of aryl methyl sites for hydroxylation is 1. The summed E-state index contributed by atoms with van der Waals surface area (Å²) in [6, 6.07) is 6.46. The van der Waals surface area contributed by atoms with Gasteiger partial charge >= 0.3 is 5.97 Å². The van der Waals surface area contributed by atoms with Crippen LogP contribution in [0.2, 0.25) is 0 Å². The molecule has 0 aromatic heterocycles. The lowest BCUT2D eigenvalue weighted by Crippen LogP contribution is -2.44. The Labute approximate surface area is 186 Å². The number of ether oxygens (including phenoxy) is 3. The number of carbonyl (C=O) groups excluding carboxylic acids is 1. The summed E-state index contributed by atoms with van der Waals surface area (Å²) in [4.78, 5) is 12.2. The molecule has 1 saturated carbocycles.